The van der Waals surface area contributed by atoms with Gasteiger partial charge in [-0.05, 0) is 25.5 Å². The van der Waals surface area contributed by atoms with Crippen molar-refractivity contribution >= 4 is 29.2 Å². The fraction of sp³-hybridized carbons (Fsp3) is 0.375. The van der Waals surface area contributed by atoms with Crippen LogP contribution in [0, 0.1) is 5.92 Å². The van der Waals surface area contributed by atoms with Crippen LogP contribution in [0.4, 0.5) is 0 Å². The largest absolute Gasteiger partial charge is 0.303 e. The molecule has 1 aliphatic heterocycles. The number of benzene rings is 1. The first-order chi connectivity index (χ1) is 10.3. The van der Waals surface area contributed by atoms with Gasteiger partial charge in [0.15, 0.2) is 0 Å². The molecule has 0 amide bonds. The highest BCUT2D eigenvalue weighted by atomic mass is 35.5. The zero-order valence-electron chi connectivity index (χ0n) is 11.7. The molecule has 1 aromatic carbocycles. The lowest BCUT2D eigenvalue weighted by atomic mass is 10.00. The summed E-state index contributed by atoms with van der Waals surface area (Å²) in [6, 6.07) is 7.78. The van der Waals surface area contributed by atoms with Gasteiger partial charge < -0.3 is 4.79 Å². The number of carbonyl (C=O) groups is 1. The lowest BCUT2D eigenvalue weighted by Crippen LogP contribution is -2.35. The molecule has 2 heterocycles. The molecule has 3 rings (SSSR count). The Kier molecular flexibility index (Phi) is 4.68. The Morgan fingerprint density at radius 2 is 2.29 bits per heavy atom. The number of rotatable bonds is 4. The van der Waals surface area contributed by atoms with E-state index in [-0.39, 0.29) is 5.92 Å². The third kappa shape index (κ3) is 3.51. The average molecular weight is 321 g/mol. The first-order valence-electron chi connectivity index (χ1n) is 7.13. The minimum atomic E-state index is 0.181. The van der Waals surface area contributed by atoms with E-state index in [2.05, 4.69) is 10.3 Å². The fourth-order valence-electron chi connectivity index (χ4n) is 2.71. The molecule has 3 nitrogen and oxygen atoms in total. The Balaban J connectivity index is 1.71. The molecule has 0 radical (unpaired) electrons. The van der Waals surface area contributed by atoms with Gasteiger partial charge >= 0.3 is 0 Å². The Morgan fingerprint density at radius 3 is 3.10 bits per heavy atom. The number of piperidine rings is 1. The molecular formula is C16H17ClN2OS. The van der Waals surface area contributed by atoms with Gasteiger partial charge in [-0.2, -0.15) is 0 Å². The Hall–Kier alpha value is -1.23. The molecule has 1 unspecified atom stereocenters. The summed E-state index contributed by atoms with van der Waals surface area (Å²) in [5.41, 5.74) is 2.04. The number of thiazole rings is 1. The van der Waals surface area contributed by atoms with Crippen molar-refractivity contribution in [3.63, 3.8) is 0 Å². The van der Waals surface area contributed by atoms with Gasteiger partial charge in [0.2, 0.25) is 0 Å². The lowest BCUT2D eigenvalue weighted by molar-refractivity contribution is -0.112. The fourth-order valence-corrected chi connectivity index (χ4v) is 3.84. The van der Waals surface area contributed by atoms with Crippen LogP contribution in [0.25, 0.3) is 10.6 Å². The highest BCUT2D eigenvalue weighted by Crippen LogP contribution is 2.30. The van der Waals surface area contributed by atoms with Crippen LogP contribution in [0.3, 0.4) is 0 Å². The normalized spacial score (nSPS) is 19.6. The third-order valence-corrected chi connectivity index (χ3v) is 5.03. The molecule has 21 heavy (non-hydrogen) atoms. The van der Waals surface area contributed by atoms with Gasteiger partial charge in [-0.15, -0.1) is 11.3 Å². The quantitative estimate of drug-likeness (QED) is 0.802. The zero-order valence-corrected chi connectivity index (χ0v) is 13.2. The molecule has 1 aliphatic rings. The van der Waals surface area contributed by atoms with Crippen LogP contribution in [0.1, 0.15) is 18.5 Å². The second-order valence-electron chi connectivity index (χ2n) is 5.40. The number of halogens is 1. The van der Waals surface area contributed by atoms with Crippen LogP contribution in [-0.4, -0.2) is 29.3 Å². The van der Waals surface area contributed by atoms with E-state index in [4.69, 9.17) is 16.6 Å². The van der Waals surface area contributed by atoms with E-state index in [0.717, 1.165) is 60.0 Å². The molecule has 0 aliphatic carbocycles. The summed E-state index contributed by atoms with van der Waals surface area (Å²) in [4.78, 5) is 17.9. The van der Waals surface area contributed by atoms with Gasteiger partial charge in [0.25, 0.3) is 0 Å². The molecule has 1 aromatic heterocycles. The number of aldehydes is 1. The topological polar surface area (TPSA) is 33.2 Å². The molecule has 2 aromatic rings. The van der Waals surface area contributed by atoms with Crippen LogP contribution in [0.2, 0.25) is 5.02 Å². The maximum atomic E-state index is 10.9. The van der Waals surface area contributed by atoms with E-state index in [1.165, 1.54) is 0 Å². The van der Waals surface area contributed by atoms with Crippen molar-refractivity contribution in [2.75, 3.05) is 13.1 Å². The van der Waals surface area contributed by atoms with Crippen molar-refractivity contribution < 1.29 is 4.79 Å². The summed E-state index contributed by atoms with van der Waals surface area (Å²) in [6.07, 6.45) is 3.19. The molecule has 1 saturated heterocycles. The van der Waals surface area contributed by atoms with E-state index in [1.807, 2.05) is 24.3 Å². The molecule has 1 fully saturated rings. The second-order valence-corrected chi connectivity index (χ2v) is 6.66. The predicted octanol–water partition coefficient (Wildman–Crippen LogP) is 3.87. The molecular weight excluding hydrogens is 304 g/mol. The number of likely N-dealkylation sites (tertiary alicyclic amines) is 1. The van der Waals surface area contributed by atoms with Crippen LogP contribution in [0.15, 0.2) is 29.6 Å². The monoisotopic (exact) mass is 320 g/mol. The molecule has 0 bridgehead atoms. The molecule has 0 spiro atoms. The SMILES string of the molecule is O=CC1CCCN(Cc2csc(-c3ccccc3Cl)n2)C1. The number of hydrogen-bond donors (Lipinski definition) is 0. The summed E-state index contributed by atoms with van der Waals surface area (Å²) < 4.78 is 0. The molecule has 1 atom stereocenters. The number of aromatic nitrogens is 1. The van der Waals surface area contributed by atoms with Gasteiger partial charge in [0.05, 0.1) is 10.7 Å². The maximum Gasteiger partial charge on any atom is 0.125 e. The van der Waals surface area contributed by atoms with Crippen molar-refractivity contribution in [1.29, 1.82) is 0 Å². The summed E-state index contributed by atoms with van der Waals surface area (Å²) in [5.74, 6) is 0.181. The van der Waals surface area contributed by atoms with E-state index in [1.54, 1.807) is 11.3 Å². The Bertz CT molecular complexity index is 628. The van der Waals surface area contributed by atoms with Crippen molar-refractivity contribution in [3.8, 4) is 10.6 Å². The Morgan fingerprint density at radius 1 is 1.43 bits per heavy atom. The first kappa shape index (κ1) is 14.7. The van der Waals surface area contributed by atoms with Gasteiger partial charge in [0.1, 0.15) is 11.3 Å². The first-order valence-corrected chi connectivity index (χ1v) is 8.39. The van der Waals surface area contributed by atoms with Crippen molar-refractivity contribution in [2.45, 2.75) is 19.4 Å². The standard InChI is InChI=1S/C16H17ClN2OS/c17-15-6-2-1-5-14(15)16-18-13(11-21-16)9-19-7-3-4-12(8-19)10-20/h1-2,5-6,10-12H,3-4,7-9H2. The van der Waals surface area contributed by atoms with Gasteiger partial charge in [-0.3, -0.25) is 4.90 Å². The van der Waals surface area contributed by atoms with E-state index in [9.17, 15) is 4.79 Å². The number of nitrogens with zero attached hydrogens (tertiary/aromatic N) is 2. The van der Waals surface area contributed by atoms with Crippen molar-refractivity contribution in [3.05, 3.63) is 40.4 Å². The second kappa shape index (κ2) is 6.69. The van der Waals surface area contributed by atoms with Crippen molar-refractivity contribution in [2.24, 2.45) is 5.92 Å². The van der Waals surface area contributed by atoms with E-state index < -0.39 is 0 Å². The van der Waals surface area contributed by atoms with Crippen LogP contribution in [0.5, 0.6) is 0 Å². The molecule has 0 N–H and O–H groups in total. The van der Waals surface area contributed by atoms with E-state index in [0.29, 0.717) is 0 Å². The van der Waals surface area contributed by atoms with Crippen LogP contribution >= 0.6 is 22.9 Å². The van der Waals surface area contributed by atoms with Gasteiger partial charge in [-0.25, -0.2) is 4.98 Å². The maximum absolute atomic E-state index is 10.9. The smallest absolute Gasteiger partial charge is 0.125 e. The van der Waals surface area contributed by atoms with Gasteiger partial charge in [-0.1, -0.05) is 29.8 Å². The highest BCUT2D eigenvalue weighted by molar-refractivity contribution is 7.13. The molecule has 110 valence electrons. The molecule has 5 heteroatoms. The van der Waals surface area contributed by atoms with Gasteiger partial charge in [0, 0.05) is 30.0 Å². The predicted molar refractivity (Wildman–Crippen MR) is 86.6 cm³/mol. The number of carbonyl (C=O) groups excluding carboxylic acids is 1. The minimum absolute atomic E-state index is 0.181. The third-order valence-electron chi connectivity index (χ3n) is 3.78. The summed E-state index contributed by atoms with van der Waals surface area (Å²) in [5, 5.41) is 3.78. The Labute approximate surface area is 133 Å². The van der Waals surface area contributed by atoms with Crippen molar-refractivity contribution in [1.82, 2.24) is 9.88 Å². The number of hydrogen-bond acceptors (Lipinski definition) is 4. The highest BCUT2D eigenvalue weighted by Gasteiger charge is 2.20. The average Bonchev–Trinajstić information content (AvgIpc) is 2.96. The van der Waals surface area contributed by atoms with Crippen LogP contribution in [-0.2, 0) is 11.3 Å². The summed E-state index contributed by atoms with van der Waals surface area (Å²) in [6.45, 7) is 2.71. The van der Waals surface area contributed by atoms with E-state index >= 15 is 0 Å². The molecule has 0 saturated carbocycles. The summed E-state index contributed by atoms with van der Waals surface area (Å²) >= 11 is 7.84. The summed E-state index contributed by atoms with van der Waals surface area (Å²) in [7, 11) is 0. The zero-order chi connectivity index (χ0) is 14.7. The van der Waals surface area contributed by atoms with Crippen LogP contribution < -0.4 is 0 Å². The lowest BCUT2D eigenvalue weighted by Gasteiger charge is -2.29. The minimum Gasteiger partial charge on any atom is -0.303 e.